The first-order valence-corrected chi connectivity index (χ1v) is 8.01. The third-order valence-electron chi connectivity index (χ3n) is 3.85. The summed E-state index contributed by atoms with van der Waals surface area (Å²) in [6, 6.07) is 20.1. The van der Waals surface area contributed by atoms with E-state index < -0.39 is 6.10 Å². The van der Waals surface area contributed by atoms with Crippen molar-refractivity contribution >= 4 is 5.82 Å². The molecule has 0 aliphatic heterocycles. The fourth-order valence-electron chi connectivity index (χ4n) is 2.65. The maximum absolute atomic E-state index is 10.4. The number of nitrogens with one attached hydrogen (secondary N) is 1. The predicted octanol–water partition coefficient (Wildman–Crippen LogP) is 3.91. The summed E-state index contributed by atoms with van der Waals surface area (Å²) < 4.78 is 0. The van der Waals surface area contributed by atoms with E-state index in [0.29, 0.717) is 6.54 Å². The fourth-order valence-corrected chi connectivity index (χ4v) is 2.65. The molecular weight excluding hydrogens is 298 g/mol. The molecule has 0 spiro atoms. The van der Waals surface area contributed by atoms with Crippen molar-refractivity contribution in [2.45, 2.75) is 20.0 Å². The molecule has 0 bridgehead atoms. The monoisotopic (exact) mass is 319 g/mol. The van der Waals surface area contributed by atoms with Gasteiger partial charge < -0.3 is 10.4 Å². The van der Waals surface area contributed by atoms with Crippen molar-refractivity contribution in [2.24, 2.45) is 0 Å². The van der Waals surface area contributed by atoms with Crippen LogP contribution in [-0.2, 0) is 0 Å². The molecule has 0 aliphatic rings. The lowest BCUT2D eigenvalue weighted by atomic mass is 10.0. The summed E-state index contributed by atoms with van der Waals surface area (Å²) >= 11 is 0. The van der Waals surface area contributed by atoms with Crippen molar-refractivity contribution in [1.82, 2.24) is 9.97 Å². The topological polar surface area (TPSA) is 58.0 Å². The van der Waals surface area contributed by atoms with E-state index in [1.54, 1.807) is 0 Å². The number of aromatic nitrogens is 2. The molecule has 4 nitrogen and oxygen atoms in total. The highest BCUT2D eigenvalue weighted by Crippen LogP contribution is 2.22. The van der Waals surface area contributed by atoms with Gasteiger partial charge >= 0.3 is 0 Å². The van der Waals surface area contributed by atoms with E-state index in [2.05, 4.69) is 27.4 Å². The Kier molecular flexibility index (Phi) is 4.87. The van der Waals surface area contributed by atoms with Crippen LogP contribution in [0.3, 0.4) is 0 Å². The Labute approximate surface area is 142 Å². The zero-order valence-corrected chi connectivity index (χ0v) is 13.9. The molecule has 1 atom stereocenters. The molecule has 3 aromatic rings. The summed E-state index contributed by atoms with van der Waals surface area (Å²) in [4.78, 5) is 8.56. The molecule has 0 amide bonds. The molecular formula is C20H21N3O. The van der Waals surface area contributed by atoms with E-state index in [9.17, 15) is 5.11 Å². The molecule has 24 heavy (non-hydrogen) atoms. The molecule has 0 saturated carbocycles. The molecule has 2 N–H and O–H groups in total. The lowest BCUT2D eigenvalue weighted by Gasteiger charge is -2.14. The van der Waals surface area contributed by atoms with Gasteiger partial charge in [-0.25, -0.2) is 9.97 Å². The number of aliphatic hydroxyl groups excluding tert-OH is 1. The van der Waals surface area contributed by atoms with Gasteiger partial charge in [-0.2, -0.15) is 0 Å². The van der Waals surface area contributed by atoms with Crippen LogP contribution in [0.15, 0.2) is 60.7 Å². The van der Waals surface area contributed by atoms with Crippen molar-refractivity contribution in [3.05, 3.63) is 77.7 Å². The van der Waals surface area contributed by atoms with Gasteiger partial charge in [0.15, 0.2) is 0 Å². The average Bonchev–Trinajstić information content (AvgIpc) is 2.60. The largest absolute Gasteiger partial charge is 0.387 e. The van der Waals surface area contributed by atoms with E-state index in [1.807, 2.05) is 62.4 Å². The number of benzene rings is 2. The summed E-state index contributed by atoms with van der Waals surface area (Å²) in [5.41, 5.74) is 4.10. The first-order chi connectivity index (χ1) is 11.6. The van der Waals surface area contributed by atoms with Crippen molar-refractivity contribution in [1.29, 1.82) is 0 Å². The number of aryl methyl sites for hydroxylation is 2. The van der Waals surface area contributed by atoms with Crippen LogP contribution < -0.4 is 5.32 Å². The van der Waals surface area contributed by atoms with E-state index in [4.69, 9.17) is 0 Å². The lowest BCUT2D eigenvalue weighted by Crippen LogP contribution is -2.13. The molecule has 122 valence electrons. The third kappa shape index (κ3) is 3.97. The average molecular weight is 319 g/mol. The second-order valence-corrected chi connectivity index (χ2v) is 5.83. The van der Waals surface area contributed by atoms with Gasteiger partial charge in [0.25, 0.3) is 0 Å². The first kappa shape index (κ1) is 16.1. The van der Waals surface area contributed by atoms with Crippen LogP contribution >= 0.6 is 0 Å². The predicted molar refractivity (Wildman–Crippen MR) is 96.8 cm³/mol. The zero-order valence-electron chi connectivity index (χ0n) is 13.9. The summed E-state index contributed by atoms with van der Waals surface area (Å²) in [6.07, 6.45) is -0.592. The van der Waals surface area contributed by atoms with E-state index in [-0.39, 0.29) is 0 Å². The minimum absolute atomic E-state index is 0.403. The number of anilines is 1. The highest BCUT2D eigenvalue weighted by molar-refractivity contribution is 5.63. The molecule has 0 aliphatic carbocycles. The minimum atomic E-state index is -0.592. The Morgan fingerprint density at radius 3 is 2.25 bits per heavy atom. The van der Waals surface area contributed by atoms with Crippen LogP contribution in [0.4, 0.5) is 5.82 Å². The zero-order chi connectivity index (χ0) is 16.9. The summed E-state index contributed by atoms with van der Waals surface area (Å²) in [5.74, 6) is 1.46. The maximum Gasteiger partial charge on any atom is 0.130 e. The van der Waals surface area contributed by atoms with Crippen LogP contribution in [0.1, 0.15) is 23.2 Å². The highest BCUT2D eigenvalue weighted by atomic mass is 16.3. The number of nitrogens with zero attached hydrogens (tertiary/aromatic N) is 2. The van der Waals surface area contributed by atoms with Crippen LogP contribution in [0.2, 0.25) is 0 Å². The van der Waals surface area contributed by atoms with Crippen molar-refractivity contribution < 1.29 is 5.11 Å². The number of aliphatic hydroxyl groups is 1. The van der Waals surface area contributed by atoms with Crippen LogP contribution in [-0.4, -0.2) is 21.6 Å². The number of rotatable bonds is 5. The molecule has 3 rings (SSSR count). The molecule has 4 heteroatoms. The minimum Gasteiger partial charge on any atom is -0.387 e. The number of hydrogen-bond acceptors (Lipinski definition) is 4. The molecule has 0 radical (unpaired) electrons. The standard InChI is InChI=1S/C20H21N3O/c1-14-12-20(23-15(2)22-14)21-13-19(24)18-10-8-17(9-11-18)16-6-4-3-5-7-16/h3-12,19,24H,13H2,1-2H3,(H,21,22,23). The van der Waals surface area contributed by atoms with Gasteiger partial charge in [0.2, 0.25) is 0 Å². The Morgan fingerprint density at radius 1 is 0.917 bits per heavy atom. The summed E-state index contributed by atoms with van der Waals surface area (Å²) in [5, 5.41) is 13.5. The second-order valence-electron chi connectivity index (χ2n) is 5.83. The smallest absolute Gasteiger partial charge is 0.130 e. The van der Waals surface area contributed by atoms with Crippen molar-refractivity contribution in [3.8, 4) is 11.1 Å². The van der Waals surface area contributed by atoms with Crippen LogP contribution in [0.5, 0.6) is 0 Å². The molecule has 0 saturated heterocycles. The van der Waals surface area contributed by atoms with Gasteiger partial charge in [0, 0.05) is 18.3 Å². The molecule has 1 heterocycles. The Morgan fingerprint density at radius 2 is 1.58 bits per heavy atom. The lowest BCUT2D eigenvalue weighted by molar-refractivity contribution is 0.191. The number of hydrogen-bond donors (Lipinski definition) is 2. The normalized spacial score (nSPS) is 12.0. The molecule has 2 aromatic carbocycles. The Bertz CT molecular complexity index is 781. The quantitative estimate of drug-likeness (QED) is 0.748. The summed E-state index contributed by atoms with van der Waals surface area (Å²) in [6.45, 7) is 4.19. The van der Waals surface area contributed by atoms with Crippen LogP contribution in [0.25, 0.3) is 11.1 Å². The SMILES string of the molecule is Cc1cc(NCC(O)c2ccc(-c3ccccc3)cc2)nc(C)n1. The molecule has 1 aromatic heterocycles. The maximum atomic E-state index is 10.4. The van der Waals surface area contributed by atoms with E-state index in [1.165, 1.54) is 5.56 Å². The van der Waals surface area contributed by atoms with Gasteiger partial charge in [-0.15, -0.1) is 0 Å². The fraction of sp³-hybridized carbons (Fsp3) is 0.200. The highest BCUT2D eigenvalue weighted by Gasteiger charge is 2.08. The summed E-state index contributed by atoms with van der Waals surface area (Å²) in [7, 11) is 0. The van der Waals surface area contributed by atoms with Gasteiger partial charge in [-0.3, -0.25) is 0 Å². The van der Waals surface area contributed by atoms with Gasteiger partial charge in [-0.1, -0.05) is 54.6 Å². The van der Waals surface area contributed by atoms with Gasteiger partial charge in [0.1, 0.15) is 11.6 Å². The van der Waals surface area contributed by atoms with E-state index >= 15 is 0 Å². The van der Waals surface area contributed by atoms with Crippen molar-refractivity contribution in [2.75, 3.05) is 11.9 Å². The first-order valence-electron chi connectivity index (χ1n) is 8.01. The Hall–Kier alpha value is -2.72. The van der Waals surface area contributed by atoms with Gasteiger partial charge in [-0.05, 0) is 30.5 Å². The Balaban J connectivity index is 1.66. The molecule has 1 unspecified atom stereocenters. The van der Waals surface area contributed by atoms with Crippen LogP contribution in [0, 0.1) is 13.8 Å². The molecule has 0 fully saturated rings. The van der Waals surface area contributed by atoms with Gasteiger partial charge in [0.05, 0.1) is 6.10 Å². The third-order valence-corrected chi connectivity index (χ3v) is 3.85. The van der Waals surface area contributed by atoms with Crippen molar-refractivity contribution in [3.63, 3.8) is 0 Å². The second kappa shape index (κ2) is 7.23. The van der Waals surface area contributed by atoms with E-state index in [0.717, 1.165) is 28.5 Å².